The van der Waals surface area contributed by atoms with Gasteiger partial charge in [-0.25, -0.2) is 0 Å². The van der Waals surface area contributed by atoms with Crippen molar-refractivity contribution in [2.24, 2.45) is 23.7 Å². The molecule has 0 bridgehead atoms. The molecule has 2 fully saturated rings. The average Bonchev–Trinajstić information content (AvgIpc) is 3.65. The van der Waals surface area contributed by atoms with E-state index in [4.69, 9.17) is 14.2 Å². The van der Waals surface area contributed by atoms with Crippen LogP contribution in [0.3, 0.4) is 0 Å². The minimum Gasteiger partial charge on any atom is -0.508 e. The Morgan fingerprint density at radius 3 is 1.98 bits per heavy atom. The lowest BCUT2D eigenvalue weighted by Gasteiger charge is -2.41. The zero-order chi connectivity index (χ0) is 32.9. The summed E-state index contributed by atoms with van der Waals surface area (Å²) >= 11 is 0. The van der Waals surface area contributed by atoms with Crippen LogP contribution in [0.1, 0.15) is 62.6 Å². The van der Waals surface area contributed by atoms with Gasteiger partial charge in [-0.1, -0.05) is 68.0 Å². The van der Waals surface area contributed by atoms with E-state index in [2.05, 4.69) is 58.2 Å². The van der Waals surface area contributed by atoms with Crippen LogP contribution in [0.4, 0.5) is 0 Å². The smallest absolute Gasteiger partial charge is 0.189 e. The summed E-state index contributed by atoms with van der Waals surface area (Å²) in [4.78, 5) is 24.5. The number of fused-ring (bicyclic) bond motifs is 2. The molecule has 0 aromatic heterocycles. The normalized spacial score (nSPS) is 28.0. The number of hydrogen-bond acceptors (Lipinski definition) is 6. The number of allylic oxidation sites excluding steroid dienone is 4. The first-order chi connectivity index (χ1) is 22.1. The molecule has 6 nitrogen and oxygen atoms in total. The average molecular weight is 625 g/mol. The summed E-state index contributed by atoms with van der Waals surface area (Å²) in [6.45, 7) is 15.0. The van der Waals surface area contributed by atoms with Crippen LogP contribution < -0.4 is 0 Å². The van der Waals surface area contributed by atoms with Crippen LogP contribution in [0.15, 0.2) is 97.3 Å². The highest BCUT2D eigenvalue weighted by molar-refractivity contribution is 5.94. The molecule has 0 radical (unpaired) electrons. The second kappa shape index (κ2) is 14.4. The fraction of sp³-hybridized carbons (Fsp3) is 0.450. The molecule has 0 spiro atoms. The van der Waals surface area contributed by atoms with E-state index in [0.29, 0.717) is 24.5 Å². The zero-order valence-electron chi connectivity index (χ0n) is 27.5. The molecule has 46 heavy (non-hydrogen) atoms. The minimum atomic E-state index is -0.542. The molecule has 6 rings (SSSR count). The Morgan fingerprint density at radius 2 is 1.37 bits per heavy atom. The zero-order valence-corrected chi connectivity index (χ0v) is 27.5. The van der Waals surface area contributed by atoms with Gasteiger partial charge in [0.2, 0.25) is 0 Å². The fourth-order valence-electron chi connectivity index (χ4n) is 7.66. The number of ketones is 2. The Bertz CT molecular complexity index is 1370. The number of phenolic OH excluding ortho intramolecular Hbond substituents is 1. The highest BCUT2D eigenvalue weighted by atomic mass is 16.7. The summed E-state index contributed by atoms with van der Waals surface area (Å²) in [5, 5.41) is 9.41. The van der Waals surface area contributed by atoms with Crippen molar-refractivity contribution in [2.45, 2.75) is 76.9 Å². The predicted molar refractivity (Wildman–Crippen MR) is 180 cm³/mol. The minimum absolute atomic E-state index is 0.0230. The molecule has 0 saturated carbocycles. The summed E-state index contributed by atoms with van der Waals surface area (Å²) in [5.74, 6) is 1.71. The van der Waals surface area contributed by atoms with E-state index in [1.54, 1.807) is 24.3 Å². The molecular weight excluding hydrogens is 576 g/mol. The topological polar surface area (TPSA) is 82.1 Å². The maximum atomic E-state index is 12.3. The predicted octanol–water partition coefficient (Wildman–Crippen LogP) is 7.79. The van der Waals surface area contributed by atoms with E-state index >= 15 is 0 Å². The number of hydrogen-bond donors (Lipinski definition) is 1. The fourth-order valence-corrected chi connectivity index (χ4v) is 7.66. The van der Waals surface area contributed by atoms with Crippen molar-refractivity contribution >= 4 is 11.6 Å². The first-order valence-electron chi connectivity index (χ1n) is 16.6. The van der Waals surface area contributed by atoms with E-state index in [1.807, 2.05) is 24.3 Å². The molecule has 4 aliphatic rings. The van der Waals surface area contributed by atoms with Crippen LogP contribution in [0.5, 0.6) is 5.75 Å². The monoisotopic (exact) mass is 624 g/mol. The van der Waals surface area contributed by atoms with Gasteiger partial charge in [-0.3, -0.25) is 9.59 Å². The van der Waals surface area contributed by atoms with E-state index in [1.165, 1.54) is 16.7 Å². The molecule has 0 unspecified atom stereocenters. The molecule has 244 valence electrons. The van der Waals surface area contributed by atoms with Gasteiger partial charge in [0.15, 0.2) is 18.4 Å². The Kier molecular flexibility index (Phi) is 10.5. The lowest BCUT2D eigenvalue weighted by molar-refractivity contribution is -0.123. The number of rotatable bonds is 10. The van der Waals surface area contributed by atoms with Gasteiger partial charge in [-0.15, -0.1) is 13.2 Å². The highest BCUT2D eigenvalue weighted by Crippen LogP contribution is 2.48. The number of carbonyl (C=O) groups is 2. The van der Waals surface area contributed by atoms with E-state index in [0.717, 1.165) is 44.3 Å². The molecule has 6 atom stereocenters. The van der Waals surface area contributed by atoms with Gasteiger partial charge in [0.1, 0.15) is 17.1 Å². The van der Waals surface area contributed by atoms with Crippen LogP contribution in [0, 0.1) is 30.6 Å². The lowest BCUT2D eigenvalue weighted by Crippen LogP contribution is -2.44. The summed E-state index contributed by atoms with van der Waals surface area (Å²) in [7, 11) is 0. The van der Waals surface area contributed by atoms with Crippen LogP contribution in [-0.4, -0.2) is 41.3 Å². The Balaban J connectivity index is 0.000000181. The number of aromatic hydroxyl groups is 1. The van der Waals surface area contributed by atoms with Gasteiger partial charge in [-0.05, 0) is 98.6 Å². The van der Waals surface area contributed by atoms with Gasteiger partial charge < -0.3 is 19.3 Å². The van der Waals surface area contributed by atoms with Crippen molar-refractivity contribution < 1.29 is 28.9 Å². The summed E-state index contributed by atoms with van der Waals surface area (Å²) < 4.78 is 17.9. The van der Waals surface area contributed by atoms with E-state index in [9.17, 15) is 14.7 Å². The van der Waals surface area contributed by atoms with Crippen molar-refractivity contribution in [3.8, 4) is 5.75 Å². The van der Waals surface area contributed by atoms with Crippen LogP contribution in [0.25, 0.3) is 0 Å². The third-order valence-corrected chi connectivity index (χ3v) is 10.4. The standard InChI is InChI=1S/C21H26O2.C19H22O4/c1-4-5-18-14-21(19(10-11-23-21)13-20(18)22)16(3)12-17-8-6-15(2)7-9-17;1-3-4-15-11-19(18(10-17(15)21)22-12-23-19)13(2)9-14-5-7-16(20)8-6-14/h4,6-9,13,16,18H,1,5,10-12,14H2,2-3H3;3,5-8,10,13,15,20H,1,4,9,11-12H2,2H3/t16-,18-,21+;13-,15-,19+/m00/s1. The van der Waals surface area contributed by atoms with Gasteiger partial charge in [0.05, 0.1) is 12.2 Å². The van der Waals surface area contributed by atoms with Crippen molar-refractivity contribution in [1.29, 1.82) is 0 Å². The number of benzene rings is 2. The molecule has 2 heterocycles. The number of phenols is 1. The molecule has 2 aromatic carbocycles. The highest BCUT2D eigenvalue weighted by Gasteiger charge is 2.52. The first-order valence-corrected chi connectivity index (χ1v) is 16.6. The number of carbonyl (C=O) groups excluding carboxylic acids is 2. The van der Waals surface area contributed by atoms with Crippen molar-refractivity contribution in [3.05, 3.63) is 114 Å². The van der Waals surface area contributed by atoms with E-state index < -0.39 is 5.60 Å². The molecule has 2 aliphatic carbocycles. The van der Waals surface area contributed by atoms with Crippen LogP contribution in [0.2, 0.25) is 0 Å². The first kappa shape index (κ1) is 33.6. The molecule has 2 aromatic rings. The summed E-state index contributed by atoms with van der Waals surface area (Å²) in [6, 6.07) is 15.9. The summed E-state index contributed by atoms with van der Waals surface area (Å²) in [6.07, 6.45) is 12.6. The molecule has 2 saturated heterocycles. The van der Waals surface area contributed by atoms with Gasteiger partial charge in [-0.2, -0.15) is 0 Å². The number of aryl methyl sites for hydroxylation is 1. The SMILES string of the molecule is C=CC[C@H]1C[C@]2([C@@H](C)Cc3ccc(C)cc3)OCCC2=CC1=O.C=CC[C@H]1C[C@]2([C@@H](C)Cc3ccc(O)cc3)OCOC2=CC1=O. The number of ether oxygens (including phenoxy) is 3. The second-order valence-electron chi connectivity index (χ2n) is 13.5. The second-order valence-corrected chi connectivity index (χ2v) is 13.5. The van der Waals surface area contributed by atoms with E-state index in [-0.39, 0.29) is 47.5 Å². The largest absolute Gasteiger partial charge is 0.508 e. The third kappa shape index (κ3) is 6.98. The maximum Gasteiger partial charge on any atom is 0.189 e. The molecular formula is C40H48O6. The Labute approximate surface area is 273 Å². The molecule has 1 N–H and O–H groups in total. The summed E-state index contributed by atoms with van der Waals surface area (Å²) in [5.41, 5.74) is 4.15. The Morgan fingerprint density at radius 1 is 0.826 bits per heavy atom. The van der Waals surface area contributed by atoms with Gasteiger partial charge in [0, 0.05) is 17.9 Å². The van der Waals surface area contributed by atoms with Crippen LogP contribution >= 0.6 is 0 Å². The van der Waals surface area contributed by atoms with Crippen molar-refractivity contribution in [3.63, 3.8) is 0 Å². The lowest BCUT2D eigenvalue weighted by atomic mass is 9.68. The van der Waals surface area contributed by atoms with Crippen molar-refractivity contribution in [1.82, 2.24) is 0 Å². The maximum absolute atomic E-state index is 12.3. The van der Waals surface area contributed by atoms with Gasteiger partial charge >= 0.3 is 0 Å². The van der Waals surface area contributed by atoms with Crippen molar-refractivity contribution in [2.75, 3.05) is 13.4 Å². The quantitative estimate of drug-likeness (QED) is 0.272. The molecule has 0 amide bonds. The molecule has 6 heteroatoms. The third-order valence-electron chi connectivity index (χ3n) is 10.4. The van der Waals surface area contributed by atoms with Gasteiger partial charge in [0.25, 0.3) is 0 Å². The van der Waals surface area contributed by atoms with Crippen LogP contribution in [-0.2, 0) is 36.6 Å². The Hall–Kier alpha value is -3.74. The molecule has 2 aliphatic heterocycles.